The molecule has 0 radical (unpaired) electrons. The first-order valence-electron chi connectivity index (χ1n) is 4.60. The highest BCUT2D eigenvalue weighted by molar-refractivity contribution is 4.97. The van der Waals surface area contributed by atoms with Crippen LogP contribution in [0.5, 0.6) is 0 Å². The molecule has 0 atom stereocenters. The van der Waals surface area contributed by atoms with Crippen molar-refractivity contribution in [1.29, 1.82) is 0 Å². The van der Waals surface area contributed by atoms with E-state index in [1.807, 2.05) is 32.5 Å². The topological polar surface area (TPSA) is 56.7 Å². The number of nitrogens with zero attached hydrogens (tertiary/aromatic N) is 3. The lowest BCUT2D eigenvalue weighted by Gasteiger charge is -2.16. The van der Waals surface area contributed by atoms with E-state index < -0.39 is 0 Å². The summed E-state index contributed by atoms with van der Waals surface area (Å²) in [7, 11) is 1.91. The predicted molar refractivity (Wildman–Crippen MR) is 52.4 cm³/mol. The maximum absolute atomic E-state index is 5.91. The van der Waals surface area contributed by atoms with Crippen molar-refractivity contribution in [3.63, 3.8) is 0 Å². The van der Waals surface area contributed by atoms with E-state index in [4.69, 9.17) is 5.73 Å². The van der Waals surface area contributed by atoms with E-state index in [1.165, 1.54) is 0 Å². The van der Waals surface area contributed by atoms with Gasteiger partial charge in [-0.05, 0) is 13.8 Å². The van der Waals surface area contributed by atoms with Crippen LogP contribution in [-0.2, 0) is 19.9 Å². The Kier molecular flexibility index (Phi) is 2.71. The minimum Gasteiger partial charge on any atom is -0.325 e. The highest BCUT2D eigenvalue weighted by atomic mass is 15.3. The summed E-state index contributed by atoms with van der Waals surface area (Å²) in [6.45, 7) is 6.04. The standard InChI is InChI=1S/C9H18N4/c1-5-7-11-8(13(4)12-7)6-9(2,3)10/h5-6,10H2,1-4H3. The Balaban J connectivity index is 2.83. The van der Waals surface area contributed by atoms with Crippen molar-refractivity contribution in [2.45, 2.75) is 39.2 Å². The molecular weight excluding hydrogens is 164 g/mol. The minimum absolute atomic E-state index is 0.216. The van der Waals surface area contributed by atoms with Gasteiger partial charge in [0, 0.05) is 25.4 Å². The summed E-state index contributed by atoms with van der Waals surface area (Å²) in [5, 5.41) is 4.26. The quantitative estimate of drug-likeness (QED) is 0.747. The van der Waals surface area contributed by atoms with Crippen molar-refractivity contribution in [1.82, 2.24) is 14.8 Å². The average molecular weight is 182 g/mol. The zero-order chi connectivity index (χ0) is 10.1. The Bertz CT molecular complexity index is 282. The van der Waals surface area contributed by atoms with Crippen molar-refractivity contribution in [2.75, 3.05) is 0 Å². The molecule has 0 aromatic carbocycles. The third-order valence-electron chi connectivity index (χ3n) is 1.83. The largest absolute Gasteiger partial charge is 0.325 e. The Hall–Kier alpha value is -0.900. The van der Waals surface area contributed by atoms with Crippen LogP contribution in [0.1, 0.15) is 32.4 Å². The third kappa shape index (κ3) is 2.81. The molecule has 0 amide bonds. The molecule has 0 aliphatic rings. The Labute approximate surface area is 79.2 Å². The molecule has 4 heteroatoms. The first-order valence-corrected chi connectivity index (χ1v) is 4.60. The number of nitrogens with two attached hydrogens (primary N) is 1. The number of hydrogen-bond acceptors (Lipinski definition) is 3. The van der Waals surface area contributed by atoms with E-state index in [9.17, 15) is 0 Å². The molecule has 0 aliphatic heterocycles. The molecule has 0 unspecified atom stereocenters. The molecule has 0 aliphatic carbocycles. The number of aryl methyl sites for hydroxylation is 2. The van der Waals surface area contributed by atoms with E-state index in [0.717, 1.165) is 24.5 Å². The first-order chi connectivity index (χ1) is 5.92. The molecule has 1 heterocycles. The van der Waals surface area contributed by atoms with E-state index in [2.05, 4.69) is 10.1 Å². The molecular formula is C9H18N4. The van der Waals surface area contributed by atoms with Gasteiger partial charge in [0.05, 0.1) is 0 Å². The fourth-order valence-corrected chi connectivity index (χ4v) is 1.19. The molecule has 1 rings (SSSR count). The van der Waals surface area contributed by atoms with Gasteiger partial charge >= 0.3 is 0 Å². The van der Waals surface area contributed by atoms with Crippen LogP contribution in [0.3, 0.4) is 0 Å². The average Bonchev–Trinajstić information content (AvgIpc) is 2.29. The van der Waals surface area contributed by atoms with Crippen LogP contribution in [0.15, 0.2) is 0 Å². The second-order valence-corrected chi connectivity index (χ2v) is 4.09. The van der Waals surface area contributed by atoms with Crippen molar-refractivity contribution in [3.05, 3.63) is 11.6 Å². The van der Waals surface area contributed by atoms with Crippen LogP contribution in [0, 0.1) is 0 Å². The highest BCUT2D eigenvalue weighted by Gasteiger charge is 2.16. The molecule has 0 bridgehead atoms. The van der Waals surface area contributed by atoms with Gasteiger partial charge in [0.15, 0.2) is 5.82 Å². The third-order valence-corrected chi connectivity index (χ3v) is 1.83. The summed E-state index contributed by atoms with van der Waals surface area (Å²) in [5.74, 6) is 1.85. The lowest BCUT2D eigenvalue weighted by molar-refractivity contribution is 0.488. The zero-order valence-corrected chi connectivity index (χ0v) is 8.83. The Morgan fingerprint density at radius 2 is 2.08 bits per heavy atom. The molecule has 74 valence electrons. The lowest BCUT2D eigenvalue weighted by Crippen LogP contribution is -2.35. The predicted octanol–water partition coefficient (Wildman–Crippen LogP) is 0.657. The van der Waals surface area contributed by atoms with Gasteiger partial charge in [-0.1, -0.05) is 6.92 Å². The molecule has 2 N–H and O–H groups in total. The van der Waals surface area contributed by atoms with Crippen molar-refractivity contribution < 1.29 is 0 Å². The molecule has 0 saturated carbocycles. The minimum atomic E-state index is -0.216. The van der Waals surface area contributed by atoms with Gasteiger partial charge in [-0.25, -0.2) is 4.98 Å². The Morgan fingerprint density at radius 3 is 2.46 bits per heavy atom. The second kappa shape index (κ2) is 3.46. The first kappa shape index (κ1) is 10.2. The smallest absolute Gasteiger partial charge is 0.150 e. The van der Waals surface area contributed by atoms with Crippen LogP contribution in [0.25, 0.3) is 0 Å². The maximum atomic E-state index is 5.91. The molecule has 13 heavy (non-hydrogen) atoms. The summed E-state index contributed by atoms with van der Waals surface area (Å²) < 4.78 is 1.81. The van der Waals surface area contributed by atoms with Crippen LogP contribution in [0.2, 0.25) is 0 Å². The summed E-state index contributed by atoms with van der Waals surface area (Å²) in [4.78, 5) is 4.39. The van der Waals surface area contributed by atoms with Crippen LogP contribution < -0.4 is 5.73 Å². The molecule has 4 nitrogen and oxygen atoms in total. The van der Waals surface area contributed by atoms with Crippen molar-refractivity contribution >= 4 is 0 Å². The van der Waals surface area contributed by atoms with Gasteiger partial charge in [0.2, 0.25) is 0 Å². The molecule has 1 aromatic rings. The van der Waals surface area contributed by atoms with E-state index in [1.54, 1.807) is 0 Å². The summed E-state index contributed by atoms with van der Waals surface area (Å²) in [6, 6.07) is 0. The van der Waals surface area contributed by atoms with Gasteiger partial charge in [-0.3, -0.25) is 4.68 Å². The molecule has 1 aromatic heterocycles. The van der Waals surface area contributed by atoms with E-state index in [0.29, 0.717) is 0 Å². The lowest BCUT2D eigenvalue weighted by atomic mass is 10.0. The number of rotatable bonds is 3. The summed E-state index contributed by atoms with van der Waals surface area (Å²) >= 11 is 0. The van der Waals surface area contributed by atoms with Crippen LogP contribution in [-0.4, -0.2) is 20.3 Å². The fraction of sp³-hybridized carbons (Fsp3) is 0.778. The van der Waals surface area contributed by atoms with Crippen LogP contribution in [0.4, 0.5) is 0 Å². The zero-order valence-electron chi connectivity index (χ0n) is 8.83. The molecule has 0 saturated heterocycles. The van der Waals surface area contributed by atoms with Crippen LogP contribution >= 0.6 is 0 Å². The Morgan fingerprint density at radius 1 is 1.46 bits per heavy atom. The maximum Gasteiger partial charge on any atom is 0.150 e. The van der Waals surface area contributed by atoms with Crippen molar-refractivity contribution in [3.8, 4) is 0 Å². The van der Waals surface area contributed by atoms with E-state index in [-0.39, 0.29) is 5.54 Å². The summed E-state index contributed by atoms with van der Waals surface area (Å²) in [6.07, 6.45) is 1.63. The normalized spacial score (nSPS) is 12.1. The SMILES string of the molecule is CCc1nc(CC(C)(C)N)n(C)n1. The number of aromatic nitrogens is 3. The van der Waals surface area contributed by atoms with Gasteiger partial charge in [0.1, 0.15) is 5.82 Å². The number of hydrogen-bond donors (Lipinski definition) is 1. The molecule has 0 fully saturated rings. The summed E-state index contributed by atoms with van der Waals surface area (Å²) in [5.41, 5.74) is 5.69. The molecule has 0 spiro atoms. The fourth-order valence-electron chi connectivity index (χ4n) is 1.19. The monoisotopic (exact) mass is 182 g/mol. The highest BCUT2D eigenvalue weighted by Crippen LogP contribution is 2.07. The van der Waals surface area contributed by atoms with Gasteiger partial charge in [-0.15, -0.1) is 0 Å². The van der Waals surface area contributed by atoms with Gasteiger partial charge < -0.3 is 5.73 Å². The van der Waals surface area contributed by atoms with Gasteiger partial charge in [-0.2, -0.15) is 5.10 Å². The van der Waals surface area contributed by atoms with Crippen molar-refractivity contribution in [2.24, 2.45) is 12.8 Å². The van der Waals surface area contributed by atoms with Gasteiger partial charge in [0.25, 0.3) is 0 Å². The van der Waals surface area contributed by atoms with E-state index >= 15 is 0 Å². The second-order valence-electron chi connectivity index (χ2n) is 4.09.